The van der Waals surface area contributed by atoms with E-state index in [0.717, 1.165) is 0 Å². The second kappa shape index (κ2) is 8.55. The van der Waals surface area contributed by atoms with Crippen LogP contribution in [-0.2, 0) is 0 Å². The molecule has 3 rings (SSSR count). The Hall–Kier alpha value is -1.26. The summed E-state index contributed by atoms with van der Waals surface area (Å²) in [6, 6.07) is 7.60. The van der Waals surface area contributed by atoms with Crippen molar-refractivity contribution >= 4 is 17.6 Å². The Morgan fingerprint density at radius 3 is 2.83 bits per heavy atom. The van der Waals surface area contributed by atoms with E-state index in [9.17, 15) is 4.39 Å². The van der Waals surface area contributed by atoms with Gasteiger partial charge in [0.05, 0.1) is 11.7 Å². The Kier molecular flexibility index (Phi) is 6.72. The third-order valence-electron chi connectivity index (χ3n) is 4.32. The lowest BCUT2D eigenvalue weighted by atomic mass is 9.89. The van der Waals surface area contributed by atoms with E-state index < -0.39 is 6.67 Å². The SMILES string of the molecule is C/C=C/SN1c2ccc(C)cc2C2CN(C)CCC21.C=CCF. The summed E-state index contributed by atoms with van der Waals surface area (Å²) in [5, 5.41) is 2.20. The quantitative estimate of drug-likeness (QED) is 0.572. The lowest BCUT2D eigenvalue weighted by Gasteiger charge is -2.36. The molecule has 1 saturated heterocycles. The maximum absolute atomic E-state index is 10.6. The van der Waals surface area contributed by atoms with Crippen LogP contribution < -0.4 is 4.31 Å². The number of anilines is 1. The summed E-state index contributed by atoms with van der Waals surface area (Å²) >= 11 is 1.85. The van der Waals surface area contributed by atoms with Gasteiger partial charge in [0, 0.05) is 12.5 Å². The van der Waals surface area contributed by atoms with Crippen LogP contribution in [0.15, 0.2) is 42.3 Å². The van der Waals surface area contributed by atoms with Crippen LogP contribution in [0.2, 0.25) is 0 Å². The smallest absolute Gasteiger partial charge is 0.107 e. The van der Waals surface area contributed by atoms with Gasteiger partial charge < -0.3 is 9.21 Å². The Morgan fingerprint density at radius 2 is 2.17 bits per heavy atom. The number of rotatable bonds is 3. The summed E-state index contributed by atoms with van der Waals surface area (Å²) in [6.45, 7) is 9.37. The van der Waals surface area contributed by atoms with Crippen molar-refractivity contribution in [2.45, 2.75) is 32.2 Å². The number of nitrogens with zero attached hydrogens (tertiary/aromatic N) is 2. The Labute approximate surface area is 144 Å². The van der Waals surface area contributed by atoms with Crippen molar-refractivity contribution < 1.29 is 4.39 Å². The zero-order chi connectivity index (χ0) is 16.8. The molecule has 2 aliphatic heterocycles. The third-order valence-corrected chi connectivity index (χ3v) is 5.41. The van der Waals surface area contributed by atoms with Crippen molar-refractivity contribution in [1.29, 1.82) is 0 Å². The molecule has 1 aromatic carbocycles. The van der Waals surface area contributed by atoms with Gasteiger partial charge in [0.1, 0.15) is 6.67 Å². The first-order valence-corrected chi connectivity index (χ1v) is 8.99. The summed E-state index contributed by atoms with van der Waals surface area (Å²) in [5.74, 6) is 0.673. The number of hydrogen-bond acceptors (Lipinski definition) is 3. The molecule has 0 spiro atoms. The molecule has 4 heteroatoms. The zero-order valence-electron chi connectivity index (χ0n) is 14.3. The first-order valence-electron chi connectivity index (χ1n) is 8.15. The molecule has 0 aromatic heterocycles. The Bertz CT molecular complexity index is 558. The van der Waals surface area contributed by atoms with Crippen LogP contribution in [0.4, 0.5) is 10.1 Å². The van der Waals surface area contributed by atoms with Crippen molar-refractivity contribution in [2.75, 3.05) is 31.1 Å². The summed E-state index contributed by atoms with van der Waals surface area (Å²) in [6.07, 6.45) is 4.60. The molecule has 2 unspecified atom stereocenters. The summed E-state index contributed by atoms with van der Waals surface area (Å²) in [5.41, 5.74) is 4.36. The summed E-state index contributed by atoms with van der Waals surface area (Å²) < 4.78 is 13.1. The van der Waals surface area contributed by atoms with Gasteiger partial charge in [-0.2, -0.15) is 0 Å². The molecule has 0 amide bonds. The van der Waals surface area contributed by atoms with Crippen molar-refractivity contribution in [1.82, 2.24) is 4.90 Å². The number of fused-ring (bicyclic) bond motifs is 3. The van der Waals surface area contributed by atoms with Crippen molar-refractivity contribution in [3.63, 3.8) is 0 Å². The highest BCUT2D eigenvalue weighted by atomic mass is 32.2. The minimum atomic E-state index is -0.417. The molecule has 1 aromatic rings. The number of aryl methyl sites for hydroxylation is 1. The number of hydrogen-bond donors (Lipinski definition) is 0. The number of likely N-dealkylation sites (N-methyl/N-ethyl adjacent to an activating group) is 1. The van der Waals surface area contributed by atoms with E-state index in [-0.39, 0.29) is 0 Å². The molecule has 0 saturated carbocycles. The molecule has 2 nitrogen and oxygen atoms in total. The van der Waals surface area contributed by atoms with Gasteiger partial charge in [0.2, 0.25) is 0 Å². The highest BCUT2D eigenvalue weighted by Crippen LogP contribution is 2.48. The monoisotopic (exact) mass is 334 g/mol. The van der Waals surface area contributed by atoms with Gasteiger partial charge in [-0.1, -0.05) is 29.8 Å². The molecule has 23 heavy (non-hydrogen) atoms. The summed E-state index contributed by atoms with van der Waals surface area (Å²) in [7, 11) is 2.24. The summed E-state index contributed by atoms with van der Waals surface area (Å²) in [4.78, 5) is 2.47. The molecule has 2 aliphatic rings. The minimum Gasteiger partial charge on any atom is -0.309 e. The Morgan fingerprint density at radius 1 is 1.43 bits per heavy atom. The van der Waals surface area contributed by atoms with E-state index in [1.54, 1.807) is 5.56 Å². The van der Waals surface area contributed by atoms with Gasteiger partial charge in [-0.15, -0.1) is 6.58 Å². The van der Waals surface area contributed by atoms with Gasteiger partial charge in [-0.05, 0) is 62.8 Å². The van der Waals surface area contributed by atoms with Crippen molar-refractivity contribution in [3.8, 4) is 0 Å². The number of allylic oxidation sites excluding steroid dienone is 2. The second-order valence-electron chi connectivity index (χ2n) is 6.13. The lowest BCUT2D eigenvalue weighted by Crippen LogP contribution is -2.42. The minimum absolute atomic E-state index is 0.417. The van der Waals surface area contributed by atoms with Crippen LogP contribution in [0.3, 0.4) is 0 Å². The second-order valence-corrected chi connectivity index (χ2v) is 7.01. The highest BCUT2D eigenvalue weighted by Gasteiger charge is 2.41. The number of benzene rings is 1. The maximum atomic E-state index is 10.6. The normalized spacial score (nSPS) is 23.2. The molecule has 126 valence electrons. The van der Waals surface area contributed by atoms with E-state index in [2.05, 4.69) is 66.4 Å². The average Bonchev–Trinajstić information content (AvgIpc) is 2.85. The standard InChI is InChI=1S/C16H22N2S.C3H5F/c1-4-9-19-18-15-6-5-12(2)10-13(15)14-11-17(3)8-7-16(14)18;1-2-3-4/h4-6,9-10,14,16H,7-8,11H2,1-3H3;2H,1,3H2/b9-4+;. The van der Waals surface area contributed by atoms with Crippen molar-refractivity contribution in [3.05, 3.63) is 53.5 Å². The molecule has 1 fully saturated rings. The van der Waals surface area contributed by atoms with E-state index in [1.165, 1.54) is 36.8 Å². The van der Waals surface area contributed by atoms with E-state index in [1.807, 2.05) is 11.9 Å². The van der Waals surface area contributed by atoms with Gasteiger partial charge in [0.25, 0.3) is 0 Å². The van der Waals surface area contributed by atoms with Crippen LogP contribution in [0.5, 0.6) is 0 Å². The topological polar surface area (TPSA) is 6.48 Å². The first-order chi connectivity index (χ1) is 11.1. The Balaban J connectivity index is 0.000000433. The third kappa shape index (κ3) is 4.18. The lowest BCUT2D eigenvalue weighted by molar-refractivity contribution is 0.238. The predicted octanol–water partition coefficient (Wildman–Crippen LogP) is 4.93. The molecule has 2 heterocycles. The van der Waals surface area contributed by atoms with Crippen molar-refractivity contribution in [2.24, 2.45) is 0 Å². The molecule has 0 aliphatic carbocycles. The molecular formula is C19H27FN2S. The molecular weight excluding hydrogens is 307 g/mol. The number of halogens is 1. The van der Waals surface area contributed by atoms with Gasteiger partial charge in [-0.25, -0.2) is 4.39 Å². The van der Waals surface area contributed by atoms with Crippen LogP contribution >= 0.6 is 11.9 Å². The maximum Gasteiger partial charge on any atom is 0.107 e. The van der Waals surface area contributed by atoms with Crippen LogP contribution in [0.25, 0.3) is 0 Å². The highest BCUT2D eigenvalue weighted by molar-refractivity contribution is 8.03. The van der Waals surface area contributed by atoms with E-state index >= 15 is 0 Å². The first kappa shape index (κ1) is 18.1. The molecule has 0 N–H and O–H groups in total. The van der Waals surface area contributed by atoms with E-state index in [0.29, 0.717) is 12.0 Å². The fraction of sp³-hybridized carbons (Fsp3) is 0.474. The molecule has 0 bridgehead atoms. The van der Waals surface area contributed by atoms with Crippen LogP contribution in [0.1, 0.15) is 30.4 Å². The van der Waals surface area contributed by atoms with Gasteiger partial charge in [-0.3, -0.25) is 0 Å². The average molecular weight is 335 g/mol. The predicted molar refractivity (Wildman–Crippen MR) is 101 cm³/mol. The molecule has 0 radical (unpaired) electrons. The number of alkyl halides is 1. The van der Waals surface area contributed by atoms with E-state index in [4.69, 9.17) is 0 Å². The van der Waals surface area contributed by atoms with Crippen LogP contribution in [0, 0.1) is 6.92 Å². The largest absolute Gasteiger partial charge is 0.309 e. The van der Waals surface area contributed by atoms with Gasteiger partial charge in [0.15, 0.2) is 0 Å². The van der Waals surface area contributed by atoms with Crippen LogP contribution in [-0.4, -0.2) is 37.8 Å². The fourth-order valence-corrected chi connectivity index (χ4v) is 4.24. The fourth-order valence-electron chi connectivity index (χ4n) is 3.30. The number of likely N-dealkylation sites (tertiary alicyclic amines) is 1. The van der Waals surface area contributed by atoms with Gasteiger partial charge >= 0.3 is 0 Å². The number of piperidine rings is 1. The molecule has 2 atom stereocenters. The zero-order valence-corrected chi connectivity index (χ0v) is 15.2.